The predicted octanol–water partition coefficient (Wildman–Crippen LogP) is 2.97. The lowest BCUT2D eigenvalue weighted by atomic mass is 9.95. The molecule has 0 bridgehead atoms. The van der Waals surface area contributed by atoms with Crippen LogP contribution in [-0.2, 0) is 16.1 Å². The molecule has 0 fully saturated rings. The second-order valence-corrected chi connectivity index (χ2v) is 6.07. The highest BCUT2D eigenvalue weighted by Crippen LogP contribution is 2.27. The van der Waals surface area contributed by atoms with Crippen molar-refractivity contribution >= 4 is 11.6 Å². The summed E-state index contributed by atoms with van der Waals surface area (Å²) in [5.41, 5.74) is 0.104. The van der Waals surface area contributed by atoms with Crippen molar-refractivity contribution in [3.8, 4) is 0 Å². The summed E-state index contributed by atoms with van der Waals surface area (Å²) in [6.45, 7) is 4.00. The zero-order valence-electron chi connectivity index (χ0n) is 13.6. The summed E-state index contributed by atoms with van der Waals surface area (Å²) in [6, 6.07) is 9.87. The van der Waals surface area contributed by atoms with Crippen molar-refractivity contribution < 1.29 is 18.4 Å². The Morgan fingerprint density at radius 2 is 2.21 bits per heavy atom. The lowest BCUT2D eigenvalue weighted by Gasteiger charge is -2.20. The molecule has 0 radical (unpaired) electrons. The summed E-state index contributed by atoms with van der Waals surface area (Å²) in [5.74, 6) is 1.07. The van der Waals surface area contributed by atoms with Gasteiger partial charge in [-0.15, -0.1) is 0 Å². The molecule has 0 spiro atoms. The van der Waals surface area contributed by atoms with Crippen molar-refractivity contribution in [1.82, 2.24) is 5.32 Å². The number of hydrogen-bond donors (Lipinski definition) is 1. The number of rotatable bonds is 5. The van der Waals surface area contributed by atoms with Gasteiger partial charge in [-0.3, -0.25) is 4.79 Å². The molecule has 2 heterocycles. The van der Waals surface area contributed by atoms with Crippen molar-refractivity contribution in [3.63, 3.8) is 0 Å². The van der Waals surface area contributed by atoms with E-state index < -0.39 is 5.60 Å². The molecule has 1 atom stereocenters. The number of aryl methyl sites for hydroxylation is 1. The Hall–Kier alpha value is -2.63. The normalized spacial score (nSPS) is 19.7. The Kier molecular flexibility index (Phi) is 4.38. The van der Waals surface area contributed by atoms with Crippen LogP contribution in [0.5, 0.6) is 0 Å². The minimum Gasteiger partial charge on any atom is -0.466 e. The maximum Gasteiger partial charge on any atom is 0.267 e. The Morgan fingerprint density at radius 3 is 2.92 bits per heavy atom. The van der Waals surface area contributed by atoms with Gasteiger partial charge < -0.3 is 14.6 Å². The molecular weight excluding hydrogens is 311 g/mol. The van der Waals surface area contributed by atoms with Crippen LogP contribution < -0.4 is 5.32 Å². The van der Waals surface area contributed by atoms with Crippen molar-refractivity contribution in [3.05, 3.63) is 59.3 Å². The third kappa shape index (κ3) is 3.48. The molecule has 1 aromatic heterocycles. The molecule has 5 nitrogen and oxygen atoms in total. The fourth-order valence-corrected chi connectivity index (χ4v) is 2.59. The molecule has 0 unspecified atom stereocenters. The quantitative estimate of drug-likeness (QED) is 0.917. The first kappa shape index (κ1) is 16.2. The van der Waals surface area contributed by atoms with Gasteiger partial charge in [0.2, 0.25) is 5.60 Å². The third-order valence-electron chi connectivity index (χ3n) is 3.95. The number of carbonyl (C=O) groups excluding carboxylic acids is 1. The predicted molar refractivity (Wildman–Crippen MR) is 87.2 cm³/mol. The number of nitrogens with one attached hydrogen (secondary N) is 1. The van der Waals surface area contributed by atoms with Crippen molar-refractivity contribution in [2.24, 2.45) is 5.16 Å². The van der Waals surface area contributed by atoms with Gasteiger partial charge in [0.25, 0.3) is 5.91 Å². The summed E-state index contributed by atoms with van der Waals surface area (Å²) in [7, 11) is 0. The smallest absolute Gasteiger partial charge is 0.267 e. The molecule has 0 saturated carbocycles. The van der Waals surface area contributed by atoms with E-state index in [1.807, 2.05) is 19.1 Å². The van der Waals surface area contributed by atoms with Crippen LogP contribution in [0.15, 0.2) is 46.0 Å². The maximum atomic E-state index is 13.3. The molecule has 1 N–H and O–H groups in total. The van der Waals surface area contributed by atoms with E-state index >= 15 is 0 Å². The summed E-state index contributed by atoms with van der Waals surface area (Å²) >= 11 is 0. The second-order valence-electron chi connectivity index (χ2n) is 6.07. The number of amides is 1. The zero-order valence-corrected chi connectivity index (χ0v) is 13.6. The first-order valence-corrected chi connectivity index (χ1v) is 7.81. The molecule has 3 rings (SSSR count). The Morgan fingerprint density at radius 1 is 1.38 bits per heavy atom. The number of halogens is 1. The highest BCUT2D eigenvalue weighted by Gasteiger charge is 2.42. The average molecular weight is 330 g/mol. The topological polar surface area (TPSA) is 63.8 Å². The molecule has 6 heteroatoms. The monoisotopic (exact) mass is 330 g/mol. The van der Waals surface area contributed by atoms with E-state index in [-0.39, 0.29) is 11.7 Å². The number of hydrogen-bond acceptors (Lipinski definition) is 4. The van der Waals surface area contributed by atoms with Crippen LogP contribution in [0.25, 0.3) is 0 Å². The molecule has 2 aromatic rings. The van der Waals surface area contributed by atoms with E-state index in [1.165, 1.54) is 12.1 Å². The summed E-state index contributed by atoms with van der Waals surface area (Å²) in [6.07, 6.45) is 0.898. The van der Waals surface area contributed by atoms with E-state index in [2.05, 4.69) is 10.5 Å². The number of benzene rings is 1. The average Bonchev–Trinajstić information content (AvgIpc) is 3.14. The molecule has 0 saturated heterocycles. The highest BCUT2D eigenvalue weighted by atomic mass is 19.1. The third-order valence-corrected chi connectivity index (χ3v) is 3.95. The van der Waals surface area contributed by atoms with Gasteiger partial charge in [0, 0.05) is 24.9 Å². The van der Waals surface area contributed by atoms with Crippen molar-refractivity contribution in [2.75, 3.05) is 6.54 Å². The molecule has 1 aromatic carbocycles. The minimum absolute atomic E-state index is 0.249. The summed E-state index contributed by atoms with van der Waals surface area (Å²) in [4.78, 5) is 17.7. The van der Waals surface area contributed by atoms with Crippen LogP contribution in [0.4, 0.5) is 4.39 Å². The van der Waals surface area contributed by atoms with Crippen LogP contribution in [0.3, 0.4) is 0 Å². The second kappa shape index (κ2) is 6.47. The molecule has 24 heavy (non-hydrogen) atoms. The van der Waals surface area contributed by atoms with Gasteiger partial charge >= 0.3 is 0 Å². The fourth-order valence-electron chi connectivity index (χ4n) is 2.59. The largest absolute Gasteiger partial charge is 0.466 e. The van der Waals surface area contributed by atoms with E-state index in [4.69, 9.17) is 9.25 Å². The lowest BCUT2D eigenvalue weighted by molar-refractivity contribution is -0.141. The zero-order chi connectivity index (χ0) is 17.2. The van der Waals surface area contributed by atoms with Crippen LogP contribution in [-0.4, -0.2) is 23.8 Å². The first-order chi connectivity index (χ1) is 11.5. The number of furan rings is 1. The standard InChI is InChI=1S/C18H19FN2O3/c1-12-6-7-15(23-12)8-9-20-17(22)18(2)11-16(21-24-18)13-4-3-5-14(19)10-13/h3-7,10H,8-9,11H2,1-2H3,(H,20,22)/t18-/m0/s1. The molecule has 1 aliphatic heterocycles. The Bertz CT molecular complexity index is 784. The van der Waals surface area contributed by atoms with Gasteiger partial charge in [0.1, 0.15) is 17.3 Å². The lowest BCUT2D eigenvalue weighted by Crippen LogP contribution is -2.45. The molecule has 1 aliphatic rings. The van der Waals surface area contributed by atoms with Gasteiger partial charge in [-0.25, -0.2) is 4.39 Å². The van der Waals surface area contributed by atoms with Crippen LogP contribution >= 0.6 is 0 Å². The van der Waals surface area contributed by atoms with Gasteiger partial charge in [-0.2, -0.15) is 0 Å². The maximum absolute atomic E-state index is 13.3. The van der Waals surface area contributed by atoms with Crippen LogP contribution in [0.1, 0.15) is 30.4 Å². The number of nitrogens with zero attached hydrogens (tertiary/aromatic N) is 1. The van der Waals surface area contributed by atoms with E-state index in [0.717, 1.165) is 11.5 Å². The Labute approximate surface area is 139 Å². The van der Waals surface area contributed by atoms with Gasteiger partial charge in [-0.1, -0.05) is 17.3 Å². The van der Waals surface area contributed by atoms with E-state index in [1.54, 1.807) is 19.1 Å². The SMILES string of the molecule is Cc1ccc(CCNC(=O)[C@]2(C)CC(c3cccc(F)c3)=NO2)o1. The van der Waals surface area contributed by atoms with Crippen molar-refractivity contribution in [1.29, 1.82) is 0 Å². The first-order valence-electron chi connectivity index (χ1n) is 7.81. The Balaban J connectivity index is 1.56. The van der Waals surface area contributed by atoms with Gasteiger partial charge in [0.05, 0.1) is 5.71 Å². The molecule has 1 amide bonds. The highest BCUT2D eigenvalue weighted by molar-refractivity contribution is 6.05. The van der Waals surface area contributed by atoms with E-state index in [0.29, 0.717) is 30.7 Å². The minimum atomic E-state index is -1.08. The molecule has 0 aliphatic carbocycles. The summed E-state index contributed by atoms with van der Waals surface area (Å²) < 4.78 is 18.8. The van der Waals surface area contributed by atoms with Gasteiger partial charge in [-0.05, 0) is 38.1 Å². The number of oxime groups is 1. The molecular formula is C18H19FN2O3. The van der Waals surface area contributed by atoms with Crippen LogP contribution in [0.2, 0.25) is 0 Å². The van der Waals surface area contributed by atoms with Gasteiger partial charge in [0.15, 0.2) is 0 Å². The number of carbonyl (C=O) groups is 1. The fraction of sp³-hybridized carbons (Fsp3) is 0.333. The van der Waals surface area contributed by atoms with Crippen LogP contribution in [0, 0.1) is 12.7 Å². The van der Waals surface area contributed by atoms with Crippen molar-refractivity contribution in [2.45, 2.75) is 32.3 Å². The summed E-state index contributed by atoms with van der Waals surface area (Å²) in [5, 5.41) is 6.80. The van der Waals surface area contributed by atoms with E-state index in [9.17, 15) is 9.18 Å². The molecule has 126 valence electrons.